The Morgan fingerprint density at radius 2 is 0.922 bits per heavy atom. The third-order valence-corrected chi connectivity index (χ3v) is 11.7. The Morgan fingerprint density at radius 3 is 1.67 bits per heavy atom. The van der Waals surface area contributed by atoms with Crippen LogP contribution < -0.4 is 0 Å². The monoisotopic (exact) mass is 644 g/mol. The Hall–Kier alpha value is -6.64. The van der Waals surface area contributed by atoms with E-state index in [0.717, 1.165) is 22.2 Å². The maximum absolute atomic E-state index is 4.72. The molecule has 0 unspecified atom stereocenters. The van der Waals surface area contributed by atoms with Crippen molar-refractivity contribution >= 4 is 21.8 Å². The van der Waals surface area contributed by atoms with E-state index in [4.69, 9.17) is 4.98 Å². The fourth-order valence-electron chi connectivity index (χ4n) is 9.84. The second-order valence-electron chi connectivity index (χ2n) is 14.0. The second-order valence-corrected chi connectivity index (χ2v) is 14.0. The molecule has 0 atom stereocenters. The van der Waals surface area contributed by atoms with Crippen molar-refractivity contribution < 1.29 is 0 Å². The van der Waals surface area contributed by atoms with Gasteiger partial charge in [0, 0.05) is 18.0 Å². The van der Waals surface area contributed by atoms with Crippen molar-refractivity contribution in [2.24, 2.45) is 0 Å². The molecule has 1 aromatic heterocycles. The zero-order chi connectivity index (χ0) is 33.3. The minimum Gasteiger partial charge on any atom is -0.253 e. The largest absolute Gasteiger partial charge is 0.253 e. The van der Waals surface area contributed by atoms with Gasteiger partial charge >= 0.3 is 0 Å². The van der Waals surface area contributed by atoms with Crippen molar-refractivity contribution in [1.29, 1.82) is 0 Å². The highest BCUT2D eigenvalue weighted by atomic mass is 14.8. The number of aromatic nitrogens is 2. The van der Waals surface area contributed by atoms with Gasteiger partial charge in [-0.15, -0.1) is 0 Å². The normalized spacial score (nSPS) is 13.6. The van der Waals surface area contributed by atoms with E-state index in [1.807, 2.05) is 6.07 Å². The van der Waals surface area contributed by atoms with Crippen LogP contribution in [-0.4, -0.2) is 9.97 Å². The first-order chi connectivity index (χ1) is 25.3. The third kappa shape index (κ3) is 3.32. The molecule has 1 heterocycles. The fourth-order valence-corrected chi connectivity index (χ4v) is 9.84. The molecule has 0 saturated heterocycles. The summed E-state index contributed by atoms with van der Waals surface area (Å²) < 4.78 is 0. The Morgan fingerprint density at radius 1 is 0.353 bits per heavy atom. The smallest absolute Gasteiger partial charge is 0.0965 e. The Kier molecular flexibility index (Phi) is 5.20. The average Bonchev–Trinajstić information content (AvgIpc) is 3.80. The molecule has 0 N–H and O–H groups in total. The minimum absolute atomic E-state index is 0.423. The van der Waals surface area contributed by atoms with Gasteiger partial charge in [0.1, 0.15) is 0 Å². The van der Waals surface area contributed by atoms with Crippen LogP contribution in [-0.2, 0) is 5.41 Å². The molecule has 0 amide bonds. The van der Waals surface area contributed by atoms with E-state index in [-0.39, 0.29) is 0 Å². The second kappa shape index (κ2) is 9.74. The quantitative estimate of drug-likeness (QED) is 0.187. The van der Waals surface area contributed by atoms with Gasteiger partial charge in [0.2, 0.25) is 0 Å². The molecule has 0 bridgehead atoms. The number of hydrogen-bond donors (Lipinski definition) is 0. The first-order valence-corrected chi connectivity index (χ1v) is 17.7. The van der Waals surface area contributed by atoms with Crippen molar-refractivity contribution in [2.75, 3.05) is 0 Å². The van der Waals surface area contributed by atoms with Gasteiger partial charge in [0.05, 0.1) is 16.4 Å². The lowest BCUT2D eigenvalue weighted by Gasteiger charge is -2.31. The average molecular weight is 645 g/mol. The van der Waals surface area contributed by atoms with E-state index in [0.29, 0.717) is 0 Å². The van der Waals surface area contributed by atoms with Crippen LogP contribution in [0.1, 0.15) is 22.3 Å². The van der Waals surface area contributed by atoms with Gasteiger partial charge in [-0.05, 0) is 106 Å². The molecule has 1 spiro atoms. The summed E-state index contributed by atoms with van der Waals surface area (Å²) in [6.07, 6.45) is 3.54. The molecule has 3 aliphatic rings. The van der Waals surface area contributed by atoms with Crippen LogP contribution in [0.4, 0.5) is 0 Å². The molecule has 2 nitrogen and oxygen atoms in total. The summed E-state index contributed by atoms with van der Waals surface area (Å²) in [5.41, 5.74) is 22.2. The molecule has 8 aromatic carbocycles. The number of para-hydroxylation sites is 1. The summed E-state index contributed by atoms with van der Waals surface area (Å²) in [5.74, 6) is 0. The van der Waals surface area contributed by atoms with E-state index in [1.165, 1.54) is 88.7 Å². The van der Waals surface area contributed by atoms with E-state index in [2.05, 4.69) is 157 Å². The molecule has 0 fully saturated rings. The summed E-state index contributed by atoms with van der Waals surface area (Å²) >= 11 is 0. The van der Waals surface area contributed by atoms with Gasteiger partial charge in [-0.2, -0.15) is 0 Å². The lowest BCUT2D eigenvalue weighted by Crippen LogP contribution is -2.26. The number of hydrogen-bond acceptors (Lipinski definition) is 2. The molecule has 12 rings (SSSR count). The third-order valence-electron chi connectivity index (χ3n) is 11.7. The molecule has 234 valence electrons. The van der Waals surface area contributed by atoms with Crippen LogP contribution in [0.25, 0.3) is 88.6 Å². The zero-order valence-corrected chi connectivity index (χ0v) is 27.6. The number of benzene rings is 8. The van der Waals surface area contributed by atoms with Gasteiger partial charge < -0.3 is 0 Å². The summed E-state index contributed by atoms with van der Waals surface area (Å²) in [7, 11) is 0. The van der Waals surface area contributed by atoms with Crippen LogP contribution in [0.2, 0.25) is 0 Å². The molecular weight excluding hydrogens is 617 g/mol. The molecule has 0 saturated carbocycles. The van der Waals surface area contributed by atoms with Crippen LogP contribution in [0, 0.1) is 0 Å². The molecule has 2 heteroatoms. The topological polar surface area (TPSA) is 25.8 Å². The number of nitrogens with zero attached hydrogens (tertiary/aromatic N) is 2. The number of rotatable bonds is 2. The molecule has 51 heavy (non-hydrogen) atoms. The van der Waals surface area contributed by atoms with Crippen LogP contribution >= 0.6 is 0 Å². The van der Waals surface area contributed by atoms with Crippen molar-refractivity contribution in [3.05, 3.63) is 192 Å². The van der Waals surface area contributed by atoms with Crippen molar-refractivity contribution in [1.82, 2.24) is 9.97 Å². The predicted molar refractivity (Wildman–Crippen MR) is 209 cm³/mol. The van der Waals surface area contributed by atoms with Crippen molar-refractivity contribution in [2.45, 2.75) is 5.41 Å². The minimum atomic E-state index is -0.423. The SMILES string of the molecule is c1ccc2c(c1)-c1ccccc1C21c2ccccc2-c2c1cc1c(c2-c2ccc(-c3cccc4nccnc34)cc2)-c2cccc3cccc-1c23. The summed E-state index contributed by atoms with van der Waals surface area (Å²) in [6.45, 7) is 0. The zero-order valence-electron chi connectivity index (χ0n) is 27.6. The lowest BCUT2D eigenvalue weighted by atomic mass is 9.69. The fraction of sp³-hybridized carbons (Fsp3) is 0.0204. The van der Waals surface area contributed by atoms with Gasteiger partial charge in [0.15, 0.2) is 0 Å². The predicted octanol–water partition coefficient (Wildman–Crippen LogP) is 12.1. The lowest BCUT2D eigenvalue weighted by molar-refractivity contribution is 0.794. The first kappa shape index (κ1) is 27.2. The Bertz CT molecular complexity index is 2910. The van der Waals surface area contributed by atoms with Gasteiger partial charge in [-0.3, -0.25) is 9.97 Å². The Balaban J connectivity index is 1.22. The highest BCUT2D eigenvalue weighted by molar-refractivity contribution is 6.21. The number of fused-ring (bicyclic) bond motifs is 14. The van der Waals surface area contributed by atoms with E-state index in [9.17, 15) is 0 Å². The van der Waals surface area contributed by atoms with Gasteiger partial charge in [-0.1, -0.05) is 146 Å². The summed E-state index contributed by atoms with van der Waals surface area (Å²) in [6, 6.07) is 58.9. The molecular formula is C49H28N2. The maximum atomic E-state index is 4.72. The highest BCUT2D eigenvalue weighted by Crippen LogP contribution is 2.67. The van der Waals surface area contributed by atoms with Gasteiger partial charge in [0.25, 0.3) is 0 Å². The molecule has 3 aliphatic carbocycles. The molecule has 9 aromatic rings. The van der Waals surface area contributed by atoms with E-state index in [1.54, 1.807) is 12.4 Å². The standard InChI is InChI=1S/C49H28N2/c1-4-18-39-33(12-1)34-13-2-5-19-40(34)49(39)41-20-6-3-14-36(41)47-42(49)28-38-35-16-7-10-30-11-8-17-37(44(30)35)46(38)45(47)31-24-22-29(23-25-31)32-15-9-21-43-48(32)51-27-26-50-43/h1-28H. The Labute approximate surface area is 295 Å². The maximum Gasteiger partial charge on any atom is 0.0965 e. The summed E-state index contributed by atoms with van der Waals surface area (Å²) in [4.78, 5) is 9.29. The summed E-state index contributed by atoms with van der Waals surface area (Å²) in [5, 5.41) is 2.63. The van der Waals surface area contributed by atoms with E-state index >= 15 is 0 Å². The highest BCUT2D eigenvalue weighted by Gasteiger charge is 2.53. The van der Waals surface area contributed by atoms with E-state index < -0.39 is 5.41 Å². The first-order valence-electron chi connectivity index (χ1n) is 17.7. The van der Waals surface area contributed by atoms with Crippen LogP contribution in [0.15, 0.2) is 170 Å². The van der Waals surface area contributed by atoms with Crippen LogP contribution in [0.5, 0.6) is 0 Å². The van der Waals surface area contributed by atoms with Gasteiger partial charge in [-0.25, -0.2) is 0 Å². The van der Waals surface area contributed by atoms with Crippen molar-refractivity contribution in [3.8, 4) is 66.8 Å². The van der Waals surface area contributed by atoms with Crippen molar-refractivity contribution in [3.63, 3.8) is 0 Å². The molecule has 0 radical (unpaired) electrons. The van der Waals surface area contributed by atoms with Crippen LogP contribution in [0.3, 0.4) is 0 Å². The molecule has 0 aliphatic heterocycles.